The van der Waals surface area contributed by atoms with Crippen LogP contribution in [0.1, 0.15) is 45.0 Å². The van der Waals surface area contributed by atoms with Crippen molar-refractivity contribution in [1.29, 1.82) is 0 Å². The molecule has 0 N–H and O–H groups in total. The minimum absolute atomic E-state index is 0.114. The van der Waals surface area contributed by atoms with Gasteiger partial charge in [0, 0.05) is 24.4 Å². The van der Waals surface area contributed by atoms with Crippen LogP contribution in [0.2, 0.25) is 5.02 Å². The number of benzene rings is 1. The molecule has 0 aliphatic rings. The molecule has 1 aromatic heterocycles. The van der Waals surface area contributed by atoms with Crippen molar-refractivity contribution in [2.45, 2.75) is 45.6 Å². The summed E-state index contributed by atoms with van der Waals surface area (Å²) in [6.45, 7) is 4.30. The van der Waals surface area contributed by atoms with Crippen molar-refractivity contribution in [2.24, 2.45) is 0 Å². The van der Waals surface area contributed by atoms with Crippen LogP contribution in [0.25, 0.3) is 11.0 Å². The highest BCUT2D eigenvalue weighted by Gasteiger charge is 2.18. The number of rotatable bonds is 6. The molecule has 110 valence electrons. The van der Waals surface area contributed by atoms with Crippen LogP contribution in [0.5, 0.6) is 0 Å². The summed E-state index contributed by atoms with van der Waals surface area (Å²) in [4.78, 5) is 4.58. The van der Waals surface area contributed by atoms with Crippen LogP contribution in [0.4, 0.5) is 4.39 Å². The second kappa shape index (κ2) is 6.77. The number of aryl methyl sites for hydroxylation is 1. The fourth-order valence-electron chi connectivity index (χ4n) is 2.66. The zero-order valence-corrected chi connectivity index (χ0v) is 13.3. The molecule has 0 spiro atoms. The van der Waals surface area contributed by atoms with Crippen molar-refractivity contribution in [3.8, 4) is 0 Å². The van der Waals surface area contributed by atoms with Gasteiger partial charge in [-0.2, -0.15) is 0 Å². The van der Waals surface area contributed by atoms with E-state index in [0.29, 0.717) is 18.3 Å². The lowest BCUT2D eigenvalue weighted by Gasteiger charge is -2.19. The van der Waals surface area contributed by atoms with Gasteiger partial charge in [-0.1, -0.05) is 31.9 Å². The zero-order chi connectivity index (χ0) is 14.7. The van der Waals surface area contributed by atoms with E-state index in [1.165, 1.54) is 6.07 Å². The van der Waals surface area contributed by atoms with Crippen LogP contribution in [0, 0.1) is 5.82 Å². The zero-order valence-electron chi connectivity index (χ0n) is 11.8. The van der Waals surface area contributed by atoms with Crippen LogP contribution < -0.4 is 0 Å². The Kier molecular flexibility index (Phi) is 5.28. The third kappa shape index (κ3) is 2.94. The summed E-state index contributed by atoms with van der Waals surface area (Å²) in [5.74, 6) is 1.02. The van der Waals surface area contributed by atoms with Gasteiger partial charge < -0.3 is 4.57 Å². The highest BCUT2D eigenvalue weighted by Crippen LogP contribution is 2.30. The summed E-state index contributed by atoms with van der Waals surface area (Å²) >= 11 is 11.7. The van der Waals surface area contributed by atoms with E-state index >= 15 is 0 Å². The average molecular weight is 317 g/mol. The first-order valence-electron chi connectivity index (χ1n) is 7.04. The maximum Gasteiger partial charge on any atom is 0.144 e. The maximum atomic E-state index is 13.8. The summed E-state index contributed by atoms with van der Waals surface area (Å²) in [5, 5.41) is 0.114. The van der Waals surface area contributed by atoms with Gasteiger partial charge >= 0.3 is 0 Å². The predicted octanol–water partition coefficient (Wildman–Crippen LogP) is 5.36. The van der Waals surface area contributed by atoms with Gasteiger partial charge in [0.25, 0.3) is 0 Å². The van der Waals surface area contributed by atoms with Crippen LogP contribution in [-0.2, 0) is 6.42 Å². The quantitative estimate of drug-likeness (QED) is 0.656. The van der Waals surface area contributed by atoms with Crippen molar-refractivity contribution in [1.82, 2.24) is 9.55 Å². The molecule has 20 heavy (non-hydrogen) atoms. The Morgan fingerprint density at radius 3 is 2.70 bits per heavy atom. The van der Waals surface area contributed by atoms with E-state index in [4.69, 9.17) is 23.2 Å². The molecule has 1 aromatic carbocycles. The summed E-state index contributed by atoms with van der Waals surface area (Å²) in [7, 11) is 0. The van der Waals surface area contributed by atoms with Crippen molar-refractivity contribution >= 4 is 34.2 Å². The molecule has 2 aromatic rings. The van der Waals surface area contributed by atoms with Gasteiger partial charge in [0.2, 0.25) is 0 Å². The van der Waals surface area contributed by atoms with Crippen molar-refractivity contribution in [3.05, 3.63) is 28.8 Å². The van der Waals surface area contributed by atoms with Gasteiger partial charge in [-0.05, 0) is 18.9 Å². The molecular weight excluding hydrogens is 298 g/mol. The van der Waals surface area contributed by atoms with Gasteiger partial charge in [0.05, 0.1) is 16.1 Å². The number of halogens is 3. The molecule has 1 heterocycles. The van der Waals surface area contributed by atoms with Gasteiger partial charge in [-0.3, -0.25) is 0 Å². The van der Waals surface area contributed by atoms with Gasteiger partial charge in [-0.15, -0.1) is 11.6 Å². The van der Waals surface area contributed by atoms with Crippen LogP contribution in [-0.4, -0.2) is 15.4 Å². The normalized spacial score (nSPS) is 13.1. The van der Waals surface area contributed by atoms with E-state index in [1.54, 1.807) is 6.07 Å². The predicted molar refractivity (Wildman–Crippen MR) is 83.4 cm³/mol. The van der Waals surface area contributed by atoms with E-state index in [9.17, 15) is 4.39 Å². The van der Waals surface area contributed by atoms with Gasteiger partial charge in [0.15, 0.2) is 0 Å². The number of alkyl halides is 1. The lowest BCUT2D eigenvalue weighted by Crippen LogP contribution is -2.12. The molecule has 2 nitrogen and oxygen atoms in total. The number of aromatic nitrogens is 2. The molecule has 0 aliphatic heterocycles. The highest BCUT2D eigenvalue weighted by molar-refractivity contribution is 6.31. The van der Waals surface area contributed by atoms with Gasteiger partial charge in [0.1, 0.15) is 11.6 Å². The number of nitrogens with zero attached hydrogens (tertiary/aromatic N) is 2. The van der Waals surface area contributed by atoms with E-state index in [0.717, 1.165) is 36.1 Å². The summed E-state index contributed by atoms with van der Waals surface area (Å²) in [6.07, 6.45) is 3.78. The number of fused-ring (bicyclic) bond motifs is 1. The molecule has 1 atom stereocenters. The molecule has 0 radical (unpaired) electrons. The molecular formula is C15H19Cl2FN2. The van der Waals surface area contributed by atoms with Crippen molar-refractivity contribution in [2.75, 3.05) is 5.88 Å². The molecule has 0 saturated carbocycles. The fourth-order valence-corrected chi connectivity index (χ4v) is 2.98. The third-order valence-electron chi connectivity index (χ3n) is 3.58. The van der Waals surface area contributed by atoms with E-state index in [1.807, 2.05) is 0 Å². The van der Waals surface area contributed by atoms with E-state index in [2.05, 4.69) is 23.4 Å². The van der Waals surface area contributed by atoms with Gasteiger partial charge in [-0.25, -0.2) is 9.37 Å². The minimum atomic E-state index is -0.399. The molecule has 0 fully saturated rings. The third-order valence-corrected chi connectivity index (χ3v) is 4.06. The first-order valence-corrected chi connectivity index (χ1v) is 7.95. The van der Waals surface area contributed by atoms with Crippen molar-refractivity contribution < 1.29 is 4.39 Å². The molecule has 5 heteroatoms. The second-order valence-electron chi connectivity index (χ2n) is 4.94. The molecule has 2 rings (SSSR count). The fraction of sp³-hybridized carbons (Fsp3) is 0.533. The Balaban J connectivity index is 2.63. The lowest BCUT2D eigenvalue weighted by atomic mass is 10.1. The number of hydrogen-bond donors (Lipinski definition) is 0. The Morgan fingerprint density at radius 1 is 1.35 bits per heavy atom. The smallest absolute Gasteiger partial charge is 0.144 e. The molecule has 0 saturated heterocycles. The number of hydrogen-bond acceptors (Lipinski definition) is 1. The molecule has 0 bridgehead atoms. The monoisotopic (exact) mass is 316 g/mol. The maximum absolute atomic E-state index is 13.8. The molecule has 0 aliphatic carbocycles. The Bertz CT molecular complexity index is 595. The second-order valence-corrected chi connectivity index (χ2v) is 5.73. The van der Waals surface area contributed by atoms with Crippen molar-refractivity contribution in [3.63, 3.8) is 0 Å². The van der Waals surface area contributed by atoms with E-state index < -0.39 is 5.82 Å². The summed E-state index contributed by atoms with van der Waals surface area (Å²) in [5.41, 5.74) is 1.55. The Hall–Kier alpha value is -0.800. The largest absolute Gasteiger partial charge is 0.325 e. The molecule has 0 amide bonds. The first-order chi connectivity index (χ1) is 9.62. The average Bonchev–Trinajstić information content (AvgIpc) is 2.74. The minimum Gasteiger partial charge on any atom is -0.325 e. The SMILES string of the molecule is CCCC(CC)n1c(CCCl)nc2cc(Cl)c(F)cc21. The van der Waals surface area contributed by atoms with E-state index in [-0.39, 0.29) is 5.02 Å². The lowest BCUT2D eigenvalue weighted by molar-refractivity contribution is 0.445. The topological polar surface area (TPSA) is 17.8 Å². The highest BCUT2D eigenvalue weighted by atomic mass is 35.5. The Morgan fingerprint density at radius 2 is 2.10 bits per heavy atom. The summed E-state index contributed by atoms with van der Waals surface area (Å²) in [6, 6.07) is 3.41. The van der Waals surface area contributed by atoms with Crippen LogP contribution >= 0.6 is 23.2 Å². The van der Waals surface area contributed by atoms with Crippen LogP contribution in [0.15, 0.2) is 12.1 Å². The Labute approximate surface area is 128 Å². The summed E-state index contributed by atoms with van der Waals surface area (Å²) < 4.78 is 15.9. The van der Waals surface area contributed by atoms with Crippen LogP contribution in [0.3, 0.4) is 0 Å². The molecule has 1 unspecified atom stereocenters. The first kappa shape index (κ1) is 15.6. The number of imidazole rings is 1. The standard InChI is InChI=1S/C15H19Cl2FN2/c1-3-5-10(4-2)20-14-9-12(18)11(17)8-13(14)19-15(20)6-7-16/h8-10H,3-7H2,1-2H3.